The normalized spacial score (nSPS) is 12.8. The number of nitrogens with one attached hydrogen (secondary N) is 1. The van der Waals surface area contributed by atoms with Crippen molar-refractivity contribution in [2.24, 2.45) is 5.92 Å². The van der Waals surface area contributed by atoms with Crippen LogP contribution < -0.4 is 5.32 Å². The summed E-state index contributed by atoms with van der Waals surface area (Å²) in [6, 6.07) is 7.33. The van der Waals surface area contributed by atoms with Crippen molar-refractivity contribution in [3.8, 4) is 0 Å². The molecule has 88 valence electrons. The maximum absolute atomic E-state index is 10.9. The molecule has 1 aromatic rings. The largest absolute Gasteiger partial charge is 0.480 e. The van der Waals surface area contributed by atoms with Crippen molar-refractivity contribution >= 4 is 21.9 Å². The van der Waals surface area contributed by atoms with E-state index in [4.69, 9.17) is 5.11 Å². The number of benzene rings is 1. The van der Waals surface area contributed by atoms with Gasteiger partial charge in [0.2, 0.25) is 0 Å². The number of carboxylic acid groups (broad SMARTS) is 1. The molecule has 0 aromatic heterocycles. The Bertz CT molecular complexity index is 349. The lowest BCUT2D eigenvalue weighted by Gasteiger charge is -2.17. The van der Waals surface area contributed by atoms with Gasteiger partial charge in [0.15, 0.2) is 0 Å². The second-order valence-corrected chi connectivity index (χ2v) is 4.98. The van der Waals surface area contributed by atoms with E-state index in [-0.39, 0.29) is 5.92 Å². The SMILES string of the molecule is CC(C)C(NCc1ccc(Br)cc1)C(=O)O. The van der Waals surface area contributed by atoms with Crippen LogP contribution >= 0.6 is 15.9 Å². The lowest BCUT2D eigenvalue weighted by atomic mass is 10.0. The quantitative estimate of drug-likeness (QED) is 0.875. The summed E-state index contributed by atoms with van der Waals surface area (Å²) in [5.74, 6) is -0.722. The van der Waals surface area contributed by atoms with Gasteiger partial charge >= 0.3 is 5.97 Å². The summed E-state index contributed by atoms with van der Waals surface area (Å²) in [5, 5.41) is 12.0. The highest BCUT2D eigenvalue weighted by Crippen LogP contribution is 2.11. The van der Waals surface area contributed by atoms with Crippen molar-refractivity contribution < 1.29 is 9.90 Å². The summed E-state index contributed by atoms with van der Waals surface area (Å²) in [7, 11) is 0. The molecule has 0 radical (unpaired) electrons. The third kappa shape index (κ3) is 3.94. The van der Waals surface area contributed by atoms with Crippen LogP contribution in [0.3, 0.4) is 0 Å². The third-order valence-electron chi connectivity index (χ3n) is 2.37. The van der Waals surface area contributed by atoms with Gasteiger partial charge in [-0.15, -0.1) is 0 Å². The van der Waals surface area contributed by atoms with Gasteiger partial charge in [-0.2, -0.15) is 0 Å². The van der Waals surface area contributed by atoms with Crippen molar-refractivity contribution in [3.05, 3.63) is 34.3 Å². The molecule has 0 bridgehead atoms. The molecule has 0 aliphatic carbocycles. The van der Waals surface area contributed by atoms with Gasteiger partial charge < -0.3 is 10.4 Å². The van der Waals surface area contributed by atoms with Gasteiger partial charge in [0, 0.05) is 11.0 Å². The van der Waals surface area contributed by atoms with Crippen LogP contribution in [0.1, 0.15) is 19.4 Å². The fraction of sp³-hybridized carbons (Fsp3) is 0.417. The average Bonchev–Trinajstić information content (AvgIpc) is 2.20. The third-order valence-corrected chi connectivity index (χ3v) is 2.90. The van der Waals surface area contributed by atoms with E-state index in [2.05, 4.69) is 21.2 Å². The maximum Gasteiger partial charge on any atom is 0.320 e. The number of halogens is 1. The average molecular weight is 286 g/mol. The molecule has 2 N–H and O–H groups in total. The first kappa shape index (κ1) is 13.2. The molecule has 0 saturated heterocycles. The zero-order chi connectivity index (χ0) is 12.1. The Hall–Kier alpha value is -0.870. The van der Waals surface area contributed by atoms with Crippen LogP contribution in [0, 0.1) is 5.92 Å². The van der Waals surface area contributed by atoms with Gasteiger partial charge in [0.1, 0.15) is 6.04 Å². The van der Waals surface area contributed by atoms with E-state index in [1.165, 1.54) is 0 Å². The van der Waals surface area contributed by atoms with E-state index in [9.17, 15) is 4.79 Å². The predicted molar refractivity (Wildman–Crippen MR) is 67.2 cm³/mol. The molecule has 0 heterocycles. The van der Waals surface area contributed by atoms with Crippen LogP contribution in [0.25, 0.3) is 0 Å². The summed E-state index contributed by atoms with van der Waals surface area (Å²) >= 11 is 3.36. The number of aliphatic carboxylic acids is 1. The number of carbonyl (C=O) groups is 1. The molecule has 0 fully saturated rings. The minimum atomic E-state index is -0.799. The molecule has 1 atom stereocenters. The van der Waals surface area contributed by atoms with Gasteiger partial charge in [-0.05, 0) is 23.6 Å². The molecule has 0 aliphatic heterocycles. The van der Waals surface area contributed by atoms with E-state index < -0.39 is 12.0 Å². The van der Waals surface area contributed by atoms with Crippen LogP contribution in [0.5, 0.6) is 0 Å². The molecule has 1 rings (SSSR count). The fourth-order valence-electron chi connectivity index (χ4n) is 1.44. The van der Waals surface area contributed by atoms with Gasteiger partial charge in [-0.1, -0.05) is 41.9 Å². The first-order chi connectivity index (χ1) is 7.50. The van der Waals surface area contributed by atoms with Crippen molar-refractivity contribution in [1.29, 1.82) is 0 Å². The Labute approximate surface area is 104 Å². The summed E-state index contributed by atoms with van der Waals surface area (Å²) in [6.07, 6.45) is 0. The zero-order valence-electron chi connectivity index (χ0n) is 9.40. The summed E-state index contributed by atoms with van der Waals surface area (Å²) in [5.41, 5.74) is 1.08. The van der Waals surface area contributed by atoms with Crippen molar-refractivity contribution in [2.75, 3.05) is 0 Å². The van der Waals surface area contributed by atoms with Gasteiger partial charge in [0.05, 0.1) is 0 Å². The second kappa shape index (κ2) is 6.01. The Morgan fingerprint density at radius 1 is 1.38 bits per heavy atom. The molecular weight excluding hydrogens is 270 g/mol. The number of rotatable bonds is 5. The fourth-order valence-corrected chi connectivity index (χ4v) is 1.70. The second-order valence-electron chi connectivity index (χ2n) is 4.07. The van der Waals surface area contributed by atoms with Crippen molar-refractivity contribution in [2.45, 2.75) is 26.4 Å². The molecule has 1 unspecified atom stereocenters. The molecule has 16 heavy (non-hydrogen) atoms. The number of carboxylic acids is 1. The maximum atomic E-state index is 10.9. The molecule has 1 aromatic carbocycles. The van der Waals surface area contributed by atoms with E-state index >= 15 is 0 Å². The van der Waals surface area contributed by atoms with E-state index in [1.54, 1.807) is 0 Å². The number of hydrogen-bond donors (Lipinski definition) is 2. The van der Waals surface area contributed by atoms with Crippen molar-refractivity contribution in [3.63, 3.8) is 0 Å². The molecule has 3 nitrogen and oxygen atoms in total. The lowest BCUT2D eigenvalue weighted by Crippen LogP contribution is -2.40. The predicted octanol–water partition coefficient (Wildman–Crippen LogP) is 2.65. The molecule has 0 aliphatic rings. The number of hydrogen-bond acceptors (Lipinski definition) is 2. The van der Waals surface area contributed by atoms with Gasteiger partial charge in [0.25, 0.3) is 0 Å². The molecule has 0 spiro atoms. The molecular formula is C12H16BrNO2. The smallest absolute Gasteiger partial charge is 0.320 e. The minimum absolute atomic E-state index is 0.0768. The van der Waals surface area contributed by atoms with Crippen LogP contribution in [0.2, 0.25) is 0 Å². The van der Waals surface area contributed by atoms with Crippen LogP contribution in [0.15, 0.2) is 28.7 Å². The summed E-state index contributed by atoms with van der Waals surface area (Å²) in [6.45, 7) is 4.36. The lowest BCUT2D eigenvalue weighted by molar-refractivity contribution is -0.140. The van der Waals surface area contributed by atoms with E-state index in [1.807, 2.05) is 38.1 Å². The molecule has 0 amide bonds. The monoisotopic (exact) mass is 285 g/mol. The summed E-state index contributed by atoms with van der Waals surface area (Å²) in [4.78, 5) is 10.9. The Morgan fingerprint density at radius 2 is 1.94 bits per heavy atom. The Balaban J connectivity index is 2.55. The van der Waals surface area contributed by atoms with Crippen molar-refractivity contribution in [1.82, 2.24) is 5.32 Å². The van der Waals surface area contributed by atoms with Gasteiger partial charge in [-0.25, -0.2) is 0 Å². The van der Waals surface area contributed by atoms with E-state index in [0.29, 0.717) is 6.54 Å². The highest BCUT2D eigenvalue weighted by Gasteiger charge is 2.20. The first-order valence-corrected chi connectivity index (χ1v) is 6.00. The molecule has 0 saturated carbocycles. The topological polar surface area (TPSA) is 49.3 Å². The Morgan fingerprint density at radius 3 is 2.38 bits per heavy atom. The van der Waals surface area contributed by atoms with Crippen LogP contribution in [-0.4, -0.2) is 17.1 Å². The highest BCUT2D eigenvalue weighted by molar-refractivity contribution is 9.10. The van der Waals surface area contributed by atoms with Crippen LogP contribution in [-0.2, 0) is 11.3 Å². The Kier molecular flexibility index (Phi) is 4.96. The first-order valence-electron chi connectivity index (χ1n) is 5.21. The standard InChI is InChI=1S/C12H16BrNO2/c1-8(2)11(12(15)16)14-7-9-3-5-10(13)6-4-9/h3-6,8,11,14H,7H2,1-2H3,(H,15,16). The van der Waals surface area contributed by atoms with Gasteiger partial charge in [-0.3, -0.25) is 4.79 Å². The highest BCUT2D eigenvalue weighted by atomic mass is 79.9. The zero-order valence-corrected chi connectivity index (χ0v) is 11.0. The minimum Gasteiger partial charge on any atom is -0.480 e. The molecule has 4 heteroatoms. The summed E-state index contributed by atoms with van der Waals surface area (Å²) < 4.78 is 1.02. The van der Waals surface area contributed by atoms with Crippen LogP contribution in [0.4, 0.5) is 0 Å². The van der Waals surface area contributed by atoms with E-state index in [0.717, 1.165) is 10.0 Å².